The lowest BCUT2D eigenvalue weighted by molar-refractivity contribution is -0.193. The summed E-state index contributed by atoms with van der Waals surface area (Å²) in [6, 6.07) is 2.11. The zero-order chi connectivity index (χ0) is 31.7. The largest absolute Gasteiger partial charge is 0.490 e. The van der Waals surface area contributed by atoms with Gasteiger partial charge in [0.1, 0.15) is 5.82 Å². The minimum absolute atomic E-state index is 0.0728. The van der Waals surface area contributed by atoms with E-state index in [9.17, 15) is 35.5 Å². The number of rotatable bonds is 4. The number of carbonyl (C=O) groups is 3. The number of nitrogens with one attached hydrogen (secondary N) is 1. The third kappa shape index (κ3) is 11.4. The molecule has 228 valence electrons. The minimum atomic E-state index is -5.08. The molecule has 2 aromatic rings. The number of aromatic nitrogens is 3. The summed E-state index contributed by atoms with van der Waals surface area (Å²) in [5.74, 6) is -4.91. The van der Waals surface area contributed by atoms with Crippen molar-refractivity contribution in [3.63, 3.8) is 0 Å². The lowest BCUT2D eigenvalue weighted by Crippen LogP contribution is -2.27. The van der Waals surface area contributed by atoms with Crippen LogP contribution in [-0.2, 0) is 22.4 Å². The van der Waals surface area contributed by atoms with Crippen LogP contribution in [0.2, 0.25) is 0 Å². The molecule has 11 nitrogen and oxygen atoms in total. The van der Waals surface area contributed by atoms with E-state index in [1.807, 2.05) is 24.8 Å². The van der Waals surface area contributed by atoms with Gasteiger partial charge in [-0.3, -0.25) is 4.79 Å². The third-order valence-electron chi connectivity index (χ3n) is 4.90. The van der Waals surface area contributed by atoms with E-state index in [4.69, 9.17) is 24.8 Å². The van der Waals surface area contributed by atoms with Gasteiger partial charge in [-0.15, -0.1) is 0 Å². The number of hydrogen-bond donors (Lipinski definition) is 3. The number of halogens is 7. The van der Waals surface area contributed by atoms with Gasteiger partial charge < -0.3 is 25.3 Å². The van der Waals surface area contributed by atoms with Gasteiger partial charge in [-0.1, -0.05) is 0 Å². The number of anilines is 2. The molecule has 2 aromatic heterocycles. The Morgan fingerprint density at radius 2 is 1.41 bits per heavy atom. The number of alkyl halides is 6. The molecular weight excluding hydrogens is 573 g/mol. The third-order valence-corrected chi connectivity index (χ3v) is 4.90. The minimum Gasteiger partial charge on any atom is -0.475 e. The van der Waals surface area contributed by atoms with Crippen molar-refractivity contribution in [2.75, 3.05) is 37.4 Å². The van der Waals surface area contributed by atoms with Crippen LogP contribution in [0.1, 0.15) is 35.5 Å². The molecule has 3 rings (SSSR count). The summed E-state index contributed by atoms with van der Waals surface area (Å²) in [4.78, 5) is 46.9. The molecular formula is C23H27F7N6O5. The van der Waals surface area contributed by atoms with Crippen molar-refractivity contribution in [3.05, 3.63) is 41.1 Å². The van der Waals surface area contributed by atoms with Gasteiger partial charge in [0.05, 0.1) is 18.0 Å². The average molecular weight is 600 g/mol. The molecule has 0 fully saturated rings. The fourth-order valence-corrected chi connectivity index (χ4v) is 3.09. The number of amides is 1. The fraction of sp³-hybridized carbons (Fsp3) is 0.478. The Kier molecular flexibility index (Phi) is 12.2. The van der Waals surface area contributed by atoms with E-state index in [2.05, 4.69) is 15.3 Å². The van der Waals surface area contributed by atoms with Crippen molar-refractivity contribution < 1.29 is 55.3 Å². The summed E-state index contributed by atoms with van der Waals surface area (Å²) < 4.78 is 76.6. The number of aliphatic carboxylic acids is 2. The predicted octanol–water partition coefficient (Wildman–Crippen LogP) is 3.40. The van der Waals surface area contributed by atoms with Gasteiger partial charge in [0.2, 0.25) is 5.95 Å². The first-order chi connectivity index (χ1) is 18.7. The molecule has 18 heteroatoms. The monoisotopic (exact) mass is 600 g/mol. The van der Waals surface area contributed by atoms with Gasteiger partial charge in [0.25, 0.3) is 5.91 Å². The highest BCUT2D eigenvalue weighted by Gasteiger charge is 2.38. The van der Waals surface area contributed by atoms with E-state index in [1.165, 1.54) is 12.4 Å². The molecule has 1 aliphatic heterocycles. The number of carboxylic acid groups (broad SMARTS) is 2. The van der Waals surface area contributed by atoms with Gasteiger partial charge in [-0.05, 0) is 31.9 Å². The van der Waals surface area contributed by atoms with Crippen molar-refractivity contribution in [2.24, 2.45) is 0 Å². The zero-order valence-corrected chi connectivity index (χ0v) is 22.1. The van der Waals surface area contributed by atoms with Crippen LogP contribution in [0.3, 0.4) is 0 Å². The normalized spacial score (nSPS) is 13.0. The van der Waals surface area contributed by atoms with Crippen LogP contribution >= 0.6 is 0 Å². The Labute approximate surface area is 229 Å². The zero-order valence-electron chi connectivity index (χ0n) is 22.1. The standard InChI is InChI=1S/C19H25FN6O.2C2HF3O2/c1-12(2)23-17-15(18(27)25(3)4)9-13-5-7-26(8-6-16(13)24-17)19-21-10-14(20)11-22-19;2*3-2(4,5)1(6)7/h9-12H,5-8H2,1-4H3,(H,23,24);2*(H,6,7). The summed E-state index contributed by atoms with van der Waals surface area (Å²) in [6.07, 6.45) is -6.38. The second-order valence-electron chi connectivity index (χ2n) is 8.78. The summed E-state index contributed by atoms with van der Waals surface area (Å²) >= 11 is 0. The van der Waals surface area contributed by atoms with Gasteiger partial charge in [-0.2, -0.15) is 26.3 Å². The van der Waals surface area contributed by atoms with Crippen LogP contribution in [0.4, 0.5) is 42.5 Å². The van der Waals surface area contributed by atoms with Crippen LogP contribution in [0, 0.1) is 5.82 Å². The van der Waals surface area contributed by atoms with Crippen LogP contribution in [-0.4, -0.2) is 93.5 Å². The Morgan fingerprint density at radius 3 is 1.83 bits per heavy atom. The average Bonchev–Trinajstić information content (AvgIpc) is 3.05. The molecule has 1 amide bonds. The molecule has 0 bridgehead atoms. The summed E-state index contributed by atoms with van der Waals surface area (Å²) in [5, 5.41) is 17.5. The predicted molar refractivity (Wildman–Crippen MR) is 130 cm³/mol. The molecule has 0 spiro atoms. The number of carbonyl (C=O) groups excluding carboxylic acids is 1. The first kappa shape index (κ1) is 34.8. The summed E-state index contributed by atoms with van der Waals surface area (Å²) in [6.45, 7) is 5.41. The molecule has 0 aliphatic carbocycles. The van der Waals surface area contributed by atoms with Crippen LogP contribution in [0.25, 0.3) is 0 Å². The van der Waals surface area contributed by atoms with E-state index < -0.39 is 30.1 Å². The Balaban J connectivity index is 0.000000497. The highest BCUT2D eigenvalue weighted by molar-refractivity contribution is 5.98. The maximum atomic E-state index is 13.1. The lowest BCUT2D eigenvalue weighted by atomic mass is 10.0. The maximum Gasteiger partial charge on any atom is 0.490 e. The van der Waals surface area contributed by atoms with Crippen LogP contribution < -0.4 is 10.2 Å². The number of pyridine rings is 1. The maximum absolute atomic E-state index is 13.1. The van der Waals surface area contributed by atoms with Crippen molar-refractivity contribution in [3.8, 4) is 0 Å². The van der Waals surface area contributed by atoms with Crippen molar-refractivity contribution in [2.45, 2.75) is 45.1 Å². The molecule has 0 aromatic carbocycles. The number of carboxylic acids is 2. The van der Waals surface area contributed by atoms with E-state index >= 15 is 0 Å². The first-order valence-corrected chi connectivity index (χ1v) is 11.6. The van der Waals surface area contributed by atoms with E-state index in [1.54, 1.807) is 19.0 Å². The molecule has 3 heterocycles. The molecule has 41 heavy (non-hydrogen) atoms. The van der Waals surface area contributed by atoms with E-state index in [-0.39, 0.29) is 11.9 Å². The van der Waals surface area contributed by atoms with Crippen molar-refractivity contribution in [1.29, 1.82) is 0 Å². The first-order valence-electron chi connectivity index (χ1n) is 11.6. The number of hydrogen-bond acceptors (Lipinski definition) is 8. The van der Waals surface area contributed by atoms with Crippen LogP contribution in [0.15, 0.2) is 18.5 Å². The van der Waals surface area contributed by atoms with Gasteiger partial charge in [0, 0.05) is 45.3 Å². The second-order valence-corrected chi connectivity index (χ2v) is 8.78. The van der Waals surface area contributed by atoms with Gasteiger partial charge in [0.15, 0.2) is 5.82 Å². The Morgan fingerprint density at radius 1 is 0.951 bits per heavy atom. The quantitative estimate of drug-likeness (QED) is 0.446. The topological polar surface area (TPSA) is 149 Å². The molecule has 0 atom stereocenters. The number of fused-ring (bicyclic) bond motifs is 1. The number of nitrogens with zero attached hydrogens (tertiary/aromatic N) is 5. The molecule has 3 N–H and O–H groups in total. The summed E-state index contributed by atoms with van der Waals surface area (Å²) in [7, 11) is 3.47. The van der Waals surface area contributed by atoms with Crippen molar-refractivity contribution >= 4 is 29.6 Å². The Hall–Kier alpha value is -4.25. The van der Waals surface area contributed by atoms with E-state index in [0.29, 0.717) is 36.8 Å². The fourth-order valence-electron chi connectivity index (χ4n) is 3.09. The van der Waals surface area contributed by atoms with Crippen LogP contribution in [0.5, 0.6) is 0 Å². The second kappa shape index (κ2) is 14.4. The molecule has 0 saturated carbocycles. The lowest BCUT2D eigenvalue weighted by Gasteiger charge is -2.19. The van der Waals surface area contributed by atoms with Gasteiger partial charge >= 0.3 is 24.3 Å². The SMILES string of the molecule is CC(C)Nc1nc2c(cc1C(=O)N(C)C)CCN(c1ncc(F)cn1)CC2.O=C(O)C(F)(F)F.O=C(O)C(F)(F)F. The highest BCUT2D eigenvalue weighted by Crippen LogP contribution is 2.24. The van der Waals surface area contributed by atoms with Crippen molar-refractivity contribution in [1.82, 2.24) is 19.9 Å². The van der Waals surface area contributed by atoms with Gasteiger partial charge in [-0.25, -0.2) is 28.9 Å². The summed E-state index contributed by atoms with van der Waals surface area (Å²) in [5.41, 5.74) is 2.61. The smallest absolute Gasteiger partial charge is 0.475 e. The van der Waals surface area contributed by atoms with E-state index in [0.717, 1.165) is 17.7 Å². The molecule has 0 saturated heterocycles. The molecule has 0 unspecified atom stereocenters. The highest BCUT2D eigenvalue weighted by atomic mass is 19.4. The molecule has 1 aliphatic rings. The molecule has 0 radical (unpaired) electrons. The Bertz CT molecular complexity index is 1180.